The van der Waals surface area contributed by atoms with Crippen molar-refractivity contribution in [3.8, 4) is 11.4 Å². The molecule has 30 heavy (non-hydrogen) atoms. The lowest BCUT2D eigenvalue weighted by molar-refractivity contribution is -0.113. The summed E-state index contributed by atoms with van der Waals surface area (Å²) in [6, 6.07) is 12.8. The molecule has 0 saturated heterocycles. The smallest absolute Gasteiger partial charge is 0.272 e. The van der Waals surface area contributed by atoms with E-state index >= 15 is 0 Å². The van der Waals surface area contributed by atoms with Crippen LogP contribution in [0.2, 0.25) is 0 Å². The number of carbonyl (C=O) groups is 1. The summed E-state index contributed by atoms with van der Waals surface area (Å²) in [5, 5.41) is 3.15. The summed E-state index contributed by atoms with van der Waals surface area (Å²) in [4.78, 5) is 30.9. The maximum absolute atomic E-state index is 13.2. The molecule has 1 N–H and O–H groups in total. The molecule has 1 aliphatic rings. The second kappa shape index (κ2) is 8.93. The number of anilines is 1. The van der Waals surface area contributed by atoms with Gasteiger partial charge in [0.25, 0.3) is 5.56 Å². The number of aryl methyl sites for hydroxylation is 1. The molecule has 0 atom stereocenters. The summed E-state index contributed by atoms with van der Waals surface area (Å²) >= 11 is 2.67. The van der Waals surface area contributed by atoms with Crippen molar-refractivity contribution in [1.82, 2.24) is 9.55 Å². The van der Waals surface area contributed by atoms with Crippen molar-refractivity contribution in [3.63, 3.8) is 0 Å². The van der Waals surface area contributed by atoms with Crippen LogP contribution >= 0.6 is 23.5 Å². The van der Waals surface area contributed by atoms with Crippen LogP contribution in [0.1, 0.15) is 5.69 Å². The highest BCUT2D eigenvalue weighted by atomic mass is 32.2. The van der Waals surface area contributed by atoms with Crippen LogP contribution in [0, 0.1) is 5.82 Å². The molecule has 4 rings (SSSR count). The molecule has 9 heteroatoms. The normalized spacial score (nSPS) is 12.5. The molecule has 0 saturated carbocycles. The van der Waals surface area contributed by atoms with Crippen molar-refractivity contribution >= 4 is 35.1 Å². The molecule has 0 radical (unpaired) electrons. The van der Waals surface area contributed by atoms with Crippen LogP contribution < -0.4 is 15.6 Å². The largest absolute Gasteiger partial charge is 0.495 e. The minimum Gasteiger partial charge on any atom is -0.495 e. The Balaban J connectivity index is 1.64. The van der Waals surface area contributed by atoms with Gasteiger partial charge < -0.3 is 10.1 Å². The molecule has 0 bridgehead atoms. The van der Waals surface area contributed by atoms with Crippen LogP contribution in [0.5, 0.6) is 5.75 Å². The van der Waals surface area contributed by atoms with Crippen LogP contribution in [0.3, 0.4) is 0 Å². The van der Waals surface area contributed by atoms with Crippen LogP contribution in [-0.2, 0) is 11.2 Å². The summed E-state index contributed by atoms with van der Waals surface area (Å²) in [5.41, 5.74) is 1.68. The Labute approximate surface area is 180 Å². The van der Waals surface area contributed by atoms with Crippen LogP contribution in [0.4, 0.5) is 10.1 Å². The Morgan fingerprint density at radius 2 is 2.03 bits per heavy atom. The zero-order valence-corrected chi connectivity index (χ0v) is 17.7. The first-order valence-corrected chi connectivity index (χ1v) is 11.1. The van der Waals surface area contributed by atoms with Crippen molar-refractivity contribution in [2.75, 3.05) is 23.9 Å². The van der Waals surface area contributed by atoms with E-state index in [0.29, 0.717) is 27.2 Å². The van der Waals surface area contributed by atoms with Gasteiger partial charge in [-0.05, 0) is 36.4 Å². The molecule has 154 valence electrons. The lowest BCUT2D eigenvalue weighted by Crippen LogP contribution is -2.25. The molecule has 0 aliphatic carbocycles. The van der Waals surface area contributed by atoms with E-state index in [1.165, 1.54) is 52.4 Å². The maximum Gasteiger partial charge on any atom is 0.272 e. The molecule has 2 heterocycles. The zero-order valence-electron chi connectivity index (χ0n) is 16.1. The van der Waals surface area contributed by atoms with E-state index in [1.807, 2.05) is 12.1 Å². The summed E-state index contributed by atoms with van der Waals surface area (Å²) in [5.74, 6) is 0.751. The molecule has 3 aromatic rings. The molecular formula is C21H18FN3O3S2. The number of ether oxygens (including phenoxy) is 1. The Morgan fingerprint density at radius 1 is 1.27 bits per heavy atom. The highest BCUT2D eigenvalue weighted by Crippen LogP contribution is 2.32. The third-order valence-electron chi connectivity index (χ3n) is 4.45. The minimum absolute atomic E-state index is 0.0465. The van der Waals surface area contributed by atoms with E-state index < -0.39 is 0 Å². The summed E-state index contributed by atoms with van der Waals surface area (Å²) in [6.07, 6.45) is 0.720. The molecule has 0 fully saturated rings. The highest BCUT2D eigenvalue weighted by molar-refractivity contribution is 8.00. The number of amides is 1. The topological polar surface area (TPSA) is 73.2 Å². The van der Waals surface area contributed by atoms with Crippen molar-refractivity contribution in [3.05, 3.63) is 70.4 Å². The van der Waals surface area contributed by atoms with Gasteiger partial charge in [-0.15, -0.1) is 11.8 Å². The lowest BCUT2D eigenvalue weighted by Gasteiger charge is -2.16. The molecule has 0 unspecified atom stereocenters. The number of aromatic nitrogens is 2. The standard InChI is InChI=1S/C21H18FN3O3S2/c1-28-17-5-3-2-4-16(17)25-20(27)19-15(10-11-29-19)24-21(25)30-12-18(26)23-14-8-6-13(22)7-9-14/h2-9H,10-12H2,1H3,(H,23,26). The van der Waals surface area contributed by atoms with Gasteiger partial charge in [0, 0.05) is 17.9 Å². The van der Waals surface area contributed by atoms with E-state index in [2.05, 4.69) is 10.3 Å². The first kappa shape index (κ1) is 20.5. The monoisotopic (exact) mass is 443 g/mol. The van der Waals surface area contributed by atoms with Crippen molar-refractivity contribution in [2.24, 2.45) is 0 Å². The number of nitrogens with zero attached hydrogens (tertiary/aromatic N) is 2. The first-order chi connectivity index (χ1) is 14.6. The quantitative estimate of drug-likeness (QED) is 0.462. The number of benzene rings is 2. The second-order valence-corrected chi connectivity index (χ2v) is 8.47. The van der Waals surface area contributed by atoms with Crippen molar-refractivity contribution in [2.45, 2.75) is 16.5 Å². The third-order valence-corrected chi connectivity index (χ3v) is 6.50. The number of para-hydroxylation sites is 2. The number of fused-ring (bicyclic) bond motifs is 1. The number of nitrogens with one attached hydrogen (secondary N) is 1. The molecular weight excluding hydrogens is 425 g/mol. The number of carbonyl (C=O) groups excluding carboxylic acids is 1. The number of thioether (sulfide) groups is 2. The fourth-order valence-corrected chi connectivity index (χ4v) is 4.92. The van der Waals surface area contributed by atoms with Gasteiger partial charge >= 0.3 is 0 Å². The van der Waals surface area contributed by atoms with Crippen molar-refractivity contribution in [1.29, 1.82) is 0 Å². The first-order valence-electron chi connectivity index (χ1n) is 9.17. The number of hydrogen-bond donors (Lipinski definition) is 1. The minimum atomic E-state index is -0.372. The molecule has 2 aromatic carbocycles. The molecule has 1 aromatic heterocycles. The Kier molecular flexibility index (Phi) is 6.10. The van der Waals surface area contributed by atoms with Gasteiger partial charge in [0.05, 0.1) is 29.1 Å². The Hall–Kier alpha value is -2.78. The van der Waals surface area contributed by atoms with Gasteiger partial charge in [0.2, 0.25) is 5.91 Å². The van der Waals surface area contributed by atoms with E-state index in [9.17, 15) is 14.0 Å². The predicted molar refractivity (Wildman–Crippen MR) is 117 cm³/mol. The third kappa shape index (κ3) is 4.22. The van der Waals surface area contributed by atoms with Gasteiger partial charge in [-0.3, -0.25) is 14.2 Å². The summed E-state index contributed by atoms with van der Waals surface area (Å²) in [7, 11) is 1.54. The number of methoxy groups -OCH3 is 1. The fourth-order valence-electron chi connectivity index (χ4n) is 3.08. The van der Waals surface area contributed by atoms with E-state index in [-0.39, 0.29) is 23.0 Å². The van der Waals surface area contributed by atoms with Gasteiger partial charge in [-0.2, -0.15) is 0 Å². The summed E-state index contributed by atoms with van der Waals surface area (Å²) in [6.45, 7) is 0. The van der Waals surface area contributed by atoms with Gasteiger partial charge in [0.1, 0.15) is 11.6 Å². The predicted octanol–water partition coefficient (Wildman–Crippen LogP) is 3.76. The lowest BCUT2D eigenvalue weighted by atomic mass is 10.2. The molecule has 1 aliphatic heterocycles. The summed E-state index contributed by atoms with van der Waals surface area (Å²) < 4.78 is 20.0. The van der Waals surface area contributed by atoms with E-state index in [0.717, 1.165) is 17.9 Å². The van der Waals surface area contributed by atoms with Crippen LogP contribution in [-0.4, -0.2) is 34.1 Å². The number of hydrogen-bond acceptors (Lipinski definition) is 6. The van der Waals surface area contributed by atoms with Crippen LogP contribution in [0.25, 0.3) is 5.69 Å². The van der Waals surface area contributed by atoms with Crippen molar-refractivity contribution < 1.29 is 13.9 Å². The van der Waals surface area contributed by atoms with E-state index in [4.69, 9.17) is 4.74 Å². The van der Waals surface area contributed by atoms with Gasteiger partial charge in [-0.25, -0.2) is 9.37 Å². The second-order valence-electron chi connectivity index (χ2n) is 6.42. The molecule has 6 nitrogen and oxygen atoms in total. The fraction of sp³-hybridized carbons (Fsp3) is 0.190. The van der Waals surface area contributed by atoms with Crippen LogP contribution in [0.15, 0.2) is 63.4 Å². The highest BCUT2D eigenvalue weighted by Gasteiger charge is 2.24. The Bertz CT molecular complexity index is 1150. The zero-order chi connectivity index (χ0) is 21.1. The number of rotatable bonds is 6. The average Bonchev–Trinajstić information content (AvgIpc) is 3.23. The SMILES string of the molecule is COc1ccccc1-n1c(SCC(=O)Nc2ccc(F)cc2)nc2c(c1=O)SCC2. The average molecular weight is 444 g/mol. The van der Waals surface area contributed by atoms with Gasteiger partial charge in [-0.1, -0.05) is 23.9 Å². The van der Waals surface area contributed by atoms with Gasteiger partial charge in [0.15, 0.2) is 5.16 Å². The van der Waals surface area contributed by atoms with E-state index in [1.54, 1.807) is 19.2 Å². The number of halogens is 1. The Morgan fingerprint density at radius 3 is 2.80 bits per heavy atom. The maximum atomic E-state index is 13.2. The molecule has 0 spiro atoms. The molecule has 1 amide bonds.